The third-order valence-corrected chi connectivity index (χ3v) is 10.7. The highest BCUT2D eigenvalue weighted by atomic mass is 79.9. The van der Waals surface area contributed by atoms with Gasteiger partial charge in [0.25, 0.3) is 0 Å². The number of hydrogen-bond donors (Lipinski definition) is 0. The quantitative estimate of drug-likeness (QED) is 0.0421. The molecule has 0 atom stereocenters. The van der Waals surface area contributed by atoms with Crippen molar-refractivity contribution in [2.45, 2.75) is 65.0 Å². The Hall–Kier alpha value is -6.18. The summed E-state index contributed by atoms with van der Waals surface area (Å²) in [5, 5.41) is 0.935. The number of alkyl halides is 1. The van der Waals surface area contributed by atoms with Crippen molar-refractivity contribution in [3.05, 3.63) is 215 Å². The van der Waals surface area contributed by atoms with Crippen molar-refractivity contribution in [2.24, 2.45) is 0 Å². The Labute approximate surface area is 375 Å². The highest BCUT2D eigenvalue weighted by molar-refractivity contribution is 9.09. The first kappa shape index (κ1) is 43.9. The fourth-order valence-corrected chi connectivity index (χ4v) is 7.27. The molecule has 0 unspecified atom stereocenters. The Morgan fingerprint density at radius 1 is 0.274 bits per heavy atom. The molecule has 0 amide bonds. The molecule has 7 rings (SSSR count). The normalized spacial score (nSPS) is 10.9. The molecule has 0 N–H and O–H groups in total. The van der Waals surface area contributed by atoms with E-state index in [0.29, 0.717) is 39.6 Å². The van der Waals surface area contributed by atoms with Gasteiger partial charge in [-0.25, -0.2) is 0 Å². The molecule has 7 aromatic rings. The Balaban J connectivity index is 0.945. The van der Waals surface area contributed by atoms with Gasteiger partial charge < -0.3 is 28.4 Å². The van der Waals surface area contributed by atoms with Crippen LogP contribution in [-0.2, 0) is 45.7 Å². The molecular weight excluding hydrogens is 837 g/mol. The number of hydrogen-bond acceptors (Lipinski definition) is 6. The molecule has 7 heteroatoms. The number of rotatable bonds is 25. The standard InChI is InChI=1S/C55H55BrO6/c56-27-13-24-47-30-50(57-28-14-25-48-32-52(59-39-43-16-5-1-6-17-43)37-53(33-48)60-40-44-18-7-2-8-19-44)36-51(31-47)58-29-15-26-49-34-54(61-41-45-20-9-3-10-21-45)38-55(35-49)62-42-46-22-11-4-12-23-46/h1-12,16-23,30-38H,13-15,24-29,39-42H2. The van der Waals surface area contributed by atoms with E-state index in [1.165, 1.54) is 5.56 Å². The molecule has 7 aromatic carbocycles. The van der Waals surface area contributed by atoms with Crippen LogP contribution in [0.2, 0.25) is 0 Å². The lowest BCUT2D eigenvalue weighted by Crippen LogP contribution is -2.04. The Morgan fingerprint density at radius 2 is 0.532 bits per heavy atom. The van der Waals surface area contributed by atoms with Gasteiger partial charge in [-0.2, -0.15) is 0 Å². The van der Waals surface area contributed by atoms with Crippen LogP contribution in [0.25, 0.3) is 0 Å². The van der Waals surface area contributed by atoms with Crippen LogP contribution in [0.5, 0.6) is 34.5 Å². The highest BCUT2D eigenvalue weighted by Gasteiger charge is 2.10. The van der Waals surface area contributed by atoms with Crippen molar-refractivity contribution in [2.75, 3.05) is 18.5 Å². The summed E-state index contributed by atoms with van der Waals surface area (Å²) < 4.78 is 37.8. The summed E-state index contributed by atoms with van der Waals surface area (Å²) in [6, 6.07) is 59.5. The maximum Gasteiger partial charge on any atom is 0.123 e. The molecule has 0 bridgehead atoms. The van der Waals surface area contributed by atoms with Crippen LogP contribution < -0.4 is 28.4 Å². The van der Waals surface area contributed by atoms with E-state index >= 15 is 0 Å². The number of benzene rings is 7. The molecule has 318 valence electrons. The van der Waals surface area contributed by atoms with Crippen molar-refractivity contribution < 1.29 is 28.4 Å². The van der Waals surface area contributed by atoms with E-state index in [-0.39, 0.29) is 0 Å². The minimum atomic E-state index is 0.490. The first-order valence-electron chi connectivity index (χ1n) is 21.5. The largest absolute Gasteiger partial charge is 0.493 e. The van der Waals surface area contributed by atoms with E-state index in [2.05, 4.69) is 101 Å². The minimum Gasteiger partial charge on any atom is -0.493 e. The van der Waals surface area contributed by atoms with Gasteiger partial charge in [0.05, 0.1) is 13.2 Å². The Morgan fingerprint density at radius 3 is 0.806 bits per heavy atom. The molecule has 0 saturated heterocycles. The van der Waals surface area contributed by atoms with Gasteiger partial charge in [-0.3, -0.25) is 0 Å². The average molecular weight is 892 g/mol. The highest BCUT2D eigenvalue weighted by Crippen LogP contribution is 2.29. The number of ether oxygens (including phenoxy) is 6. The van der Waals surface area contributed by atoms with Gasteiger partial charge in [0.1, 0.15) is 60.9 Å². The SMILES string of the molecule is BrCCCc1cc(OCCCc2cc(OCc3ccccc3)cc(OCc3ccccc3)c2)cc(OCCCc2cc(OCc3ccccc3)cc(OCc3ccccc3)c2)c1. The molecule has 6 nitrogen and oxygen atoms in total. The first-order valence-corrected chi connectivity index (χ1v) is 22.7. The first-order chi connectivity index (χ1) is 30.6. The van der Waals surface area contributed by atoms with Gasteiger partial charge in [-0.1, -0.05) is 137 Å². The summed E-state index contributed by atoms with van der Waals surface area (Å²) in [6.07, 6.45) is 5.24. The van der Waals surface area contributed by atoms with Crippen LogP contribution in [0.1, 0.15) is 58.2 Å². The van der Waals surface area contributed by atoms with Crippen molar-refractivity contribution in [1.82, 2.24) is 0 Å². The lowest BCUT2D eigenvalue weighted by Gasteiger charge is -2.15. The molecule has 0 heterocycles. The third kappa shape index (κ3) is 15.1. The van der Waals surface area contributed by atoms with E-state index < -0.39 is 0 Å². The van der Waals surface area contributed by atoms with E-state index in [0.717, 1.165) is 112 Å². The Kier molecular flexibility index (Phi) is 17.2. The van der Waals surface area contributed by atoms with Crippen molar-refractivity contribution in [1.29, 1.82) is 0 Å². The number of aryl methyl sites for hydroxylation is 3. The topological polar surface area (TPSA) is 55.4 Å². The predicted octanol–water partition coefficient (Wildman–Crippen LogP) is 13.4. The molecule has 0 saturated carbocycles. The van der Waals surface area contributed by atoms with Gasteiger partial charge >= 0.3 is 0 Å². The minimum absolute atomic E-state index is 0.490. The summed E-state index contributed by atoms with van der Waals surface area (Å²) in [5.74, 6) is 4.80. The smallest absolute Gasteiger partial charge is 0.123 e. The molecular formula is C55H55BrO6. The third-order valence-electron chi connectivity index (χ3n) is 10.2. The van der Waals surface area contributed by atoms with E-state index in [4.69, 9.17) is 28.4 Å². The second-order valence-corrected chi connectivity index (χ2v) is 16.0. The zero-order valence-electron chi connectivity index (χ0n) is 35.3. The van der Waals surface area contributed by atoms with Crippen LogP contribution in [-0.4, -0.2) is 18.5 Å². The van der Waals surface area contributed by atoms with Crippen molar-refractivity contribution >= 4 is 15.9 Å². The van der Waals surface area contributed by atoms with E-state index in [1.807, 2.05) is 91.0 Å². The van der Waals surface area contributed by atoms with Crippen LogP contribution in [0, 0.1) is 0 Å². The second kappa shape index (κ2) is 24.3. The molecule has 0 aliphatic heterocycles. The summed E-state index contributed by atoms with van der Waals surface area (Å²) in [7, 11) is 0. The summed E-state index contributed by atoms with van der Waals surface area (Å²) in [4.78, 5) is 0. The number of halogens is 1. The van der Waals surface area contributed by atoms with Crippen molar-refractivity contribution in [3.63, 3.8) is 0 Å². The maximum absolute atomic E-state index is 6.39. The molecule has 0 aromatic heterocycles. The molecule has 0 aliphatic carbocycles. The lowest BCUT2D eigenvalue weighted by atomic mass is 10.1. The van der Waals surface area contributed by atoms with E-state index in [1.54, 1.807) is 0 Å². The van der Waals surface area contributed by atoms with Crippen LogP contribution >= 0.6 is 15.9 Å². The zero-order chi connectivity index (χ0) is 42.4. The fourth-order valence-electron chi connectivity index (χ4n) is 6.99. The second-order valence-electron chi connectivity index (χ2n) is 15.2. The lowest BCUT2D eigenvalue weighted by molar-refractivity contribution is 0.287. The average Bonchev–Trinajstić information content (AvgIpc) is 3.32. The van der Waals surface area contributed by atoms with Crippen molar-refractivity contribution in [3.8, 4) is 34.5 Å². The van der Waals surface area contributed by atoms with E-state index in [9.17, 15) is 0 Å². The predicted molar refractivity (Wildman–Crippen MR) is 252 cm³/mol. The zero-order valence-corrected chi connectivity index (χ0v) is 36.8. The monoisotopic (exact) mass is 890 g/mol. The molecule has 0 radical (unpaired) electrons. The molecule has 0 fully saturated rings. The summed E-state index contributed by atoms with van der Waals surface area (Å²) in [5.41, 5.74) is 7.95. The van der Waals surface area contributed by atoms with Gasteiger partial charge in [-0.15, -0.1) is 0 Å². The van der Waals surface area contributed by atoms with Crippen LogP contribution in [0.15, 0.2) is 176 Å². The molecule has 0 aliphatic rings. The van der Waals surface area contributed by atoms with Gasteiger partial charge in [0.15, 0.2) is 0 Å². The van der Waals surface area contributed by atoms with Crippen LogP contribution in [0.4, 0.5) is 0 Å². The fraction of sp³-hybridized carbons (Fsp3) is 0.236. The molecule has 62 heavy (non-hydrogen) atoms. The van der Waals surface area contributed by atoms with Crippen LogP contribution in [0.3, 0.4) is 0 Å². The Bertz CT molecular complexity index is 2070. The molecule has 0 spiro atoms. The van der Waals surface area contributed by atoms with Gasteiger partial charge in [0.2, 0.25) is 0 Å². The summed E-state index contributed by atoms with van der Waals surface area (Å²) >= 11 is 3.60. The maximum atomic E-state index is 6.39. The van der Waals surface area contributed by atoms with Gasteiger partial charge in [0, 0.05) is 23.5 Å². The van der Waals surface area contributed by atoms with Gasteiger partial charge in [-0.05, 0) is 114 Å². The summed E-state index contributed by atoms with van der Waals surface area (Å²) in [6.45, 7) is 3.09.